The van der Waals surface area contributed by atoms with E-state index in [0.717, 1.165) is 36.3 Å². The molecule has 0 aromatic heterocycles. The number of carbonyl (C=O) groups is 2. The molecule has 0 bridgehead atoms. The zero-order valence-electron chi connectivity index (χ0n) is 17.0. The molecule has 0 fully saturated rings. The number of fused-ring (bicyclic) bond motifs is 1. The van der Waals surface area contributed by atoms with Gasteiger partial charge < -0.3 is 9.64 Å². The largest absolute Gasteiger partial charge is 0.494 e. The average molecular weight is 390 g/mol. The van der Waals surface area contributed by atoms with Crippen LogP contribution in [0.2, 0.25) is 0 Å². The van der Waals surface area contributed by atoms with E-state index in [1.54, 1.807) is 0 Å². The van der Waals surface area contributed by atoms with Gasteiger partial charge in [0.25, 0.3) is 11.8 Å². The summed E-state index contributed by atoms with van der Waals surface area (Å²) in [6.07, 6.45) is 2.54. The lowest BCUT2D eigenvalue weighted by Crippen LogP contribution is -2.35. The Balaban J connectivity index is 1.78. The Morgan fingerprint density at radius 1 is 0.931 bits per heavy atom. The first kappa shape index (κ1) is 19.2. The first-order chi connectivity index (χ1) is 14.2. The lowest BCUT2D eigenvalue weighted by atomic mass is 10.0. The maximum Gasteiger partial charge on any atom is 0.278 e. The van der Waals surface area contributed by atoms with E-state index in [-0.39, 0.29) is 11.8 Å². The highest BCUT2D eigenvalue weighted by Gasteiger charge is 2.42. The molecule has 0 spiro atoms. The van der Waals surface area contributed by atoms with Crippen molar-refractivity contribution < 1.29 is 14.3 Å². The second-order valence-electron chi connectivity index (χ2n) is 7.39. The third kappa shape index (κ3) is 3.41. The lowest BCUT2D eigenvalue weighted by molar-refractivity contribution is -0.136. The topological polar surface area (TPSA) is 49.9 Å². The Hall–Kier alpha value is -3.08. The monoisotopic (exact) mass is 390 g/mol. The maximum absolute atomic E-state index is 13.3. The molecule has 2 aromatic carbocycles. The van der Waals surface area contributed by atoms with Crippen LogP contribution < -0.4 is 9.64 Å². The van der Waals surface area contributed by atoms with Gasteiger partial charge in [0.2, 0.25) is 0 Å². The van der Waals surface area contributed by atoms with Gasteiger partial charge in [-0.05, 0) is 48.6 Å². The molecule has 4 rings (SSSR count). The van der Waals surface area contributed by atoms with Crippen LogP contribution in [0.1, 0.15) is 37.8 Å². The van der Waals surface area contributed by atoms with Crippen LogP contribution in [0, 0.1) is 0 Å². The maximum atomic E-state index is 13.3. The number of hydrogen-bond acceptors (Lipinski definition) is 4. The van der Waals surface area contributed by atoms with Crippen LogP contribution in [0.4, 0.5) is 5.69 Å². The van der Waals surface area contributed by atoms with E-state index in [4.69, 9.17) is 4.74 Å². The molecule has 0 aliphatic carbocycles. The molecule has 0 saturated heterocycles. The van der Waals surface area contributed by atoms with Crippen LogP contribution in [0.5, 0.6) is 5.75 Å². The Morgan fingerprint density at radius 2 is 1.69 bits per heavy atom. The predicted molar refractivity (Wildman–Crippen MR) is 114 cm³/mol. The van der Waals surface area contributed by atoms with E-state index in [0.29, 0.717) is 31.0 Å². The third-order valence-corrected chi connectivity index (χ3v) is 5.36. The summed E-state index contributed by atoms with van der Waals surface area (Å²) in [5.41, 5.74) is 3.96. The highest BCUT2D eigenvalue weighted by atomic mass is 16.5. The average Bonchev–Trinajstić information content (AvgIpc) is 3.27. The van der Waals surface area contributed by atoms with E-state index in [9.17, 15) is 9.59 Å². The summed E-state index contributed by atoms with van der Waals surface area (Å²) in [6, 6.07) is 15.6. The molecule has 2 heterocycles. The quantitative estimate of drug-likeness (QED) is 0.670. The lowest BCUT2D eigenvalue weighted by Gasteiger charge is -2.21. The van der Waals surface area contributed by atoms with E-state index in [2.05, 4.69) is 13.0 Å². The Bertz CT molecular complexity index is 962. The third-order valence-electron chi connectivity index (χ3n) is 5.36. The van der Waals surface area contributed by atoms with Crippen molar-refractivity contribution in [1.82, 2.24) is 4.90 Å². The van der Waals surface area contributed by atoms with Crippen molar-refractivity contribution in [2.45, 2.75) is 33.1 Å². The van der Waals surface area contributed by atoms with Gasteiger partial charge in [-0.2, -0.15) is 0 Å². The standard InChI is InChI=1S/C24H26N2O3/c1-3-14-26-23(27)21(18-9-11-19(12-10-18)29-16-4-2)22(24(26)28)25-15-13-17-7-5-6-8-20(17)25/h5-12H,3-4,13-16H2,1-2H3. The molecule has 29 heavy (non-hydrogen) atoms. The second kappa shape index (κ2) is 8.11. The zero-order valence-corrected chi connectivity index (χ0v) is 17.0. The molecule has 0 radical (unpaired) electrons. The van der Waals surface area contributed by atoms with Gasteiger partial charge in [-0.1, -0.05) is 44.2 Å². The van der Waals surface area contributed by atoms with Crippen LogP contribution in [-0.4, -0.2) is 36.4 Å². The van der Waals surface area contributed by atoms with Gasteiger partial charge in [-0.25, -0.2) is 0 Å². The van der Waals surface area contributed by atoms with Crippen LogP contribution in [0.15, 0.2) is 54.2 Å². The Labute approximate surface area is 171 Å². The summed E-state index contributed by atoms with van der Waals surface area (Å²) < 4.78 is 5.66. The van der Waals surface area contributed by atoms with E-state index in [1.165, 1.54) is 10.5 Å². The molecular formula is C24H26N2O3. The van der Waals surface area contributed by atoms with Crippen molar-refractivity contribution in [1.29, 1.82) is 0 Å². The van der Waals surface area contributed by atoms with Gasteiger partial charge in [0.15, 0.2) is 0 Å². The number of hydrogen-bond donors (Lipinski definition) is 0. The summed E-state index contributed by atoms with van der Waals surface area (Å²) in [7, 11) is 0. The summed E-state index contributed by atoms with van der Waals surface area (Å²) in [5.74, 6) is 0.361. The molecule has 150 valence electrons. The first-order valence-corrected chi connectivity index (χ1v) is 10.3. The second-order valence-corrected chi connectivity index (χ2v) is 7.39. The van der Waals surface area contributed by atoms with Crippen LogP contribution in [0.3, 0.4) is 0 Å². The van der Waals surface area contributed by atoms with Crippen LogP contribution in [-0.2, 0) is 16.0 Å². The fourth-order valence-corrected chi connectivity index (χ4v) is 4.01. The first-order valence-electron chi connectivity index (χ1n) is 10.3. The van der Waals surface area contributed by atoms with Crippen molar-refractivity contribution in [3.63, 3.8) is 0 Å². The van der Waals surface area contributed by atoms with Crippen molar-refractivity contribution >= 4 is 23.1 Å². The summed E-state index contributed by atoms with van der Waals surface area (Å²) in [5, 5.41) is 0. The van der Waals surface area contributed by atoms with E-state index in [1.807, 2.05) is 54.3 Å². The van der Waals surface area contributed by atoms with Gasteiger partial charge in [0, 0.05) is 18.8 Å². The molecular weight excluding hydrogens is 364 g/mol. The highest BCUT2D eigenvalue weighted by Crippen LogP contribution is 2.38. The van der Waals surface area contributed by atoms with Gasteiger partial charge in [0.1, 0.15) is 11.4 Å². The summed E-state index contributed by atoms with van der Waals surface area (Å²) in [6.45, 7) is 5.82. The highest BCUT2D eigenvalue weighted by molar-refractivity contribution is 6.36. The number of para-hydroxylation sites is 1. The molecule has 0 unspecified atom stereocenters. The smallest absolute Gasteiger partial charge is 0.278 e. The number of nitrogens with zero attached hydrogens (tertiary/aromatic N) is 2. The SMILES string of the molecule is CCCOc1ccc(C2=C(N3CCc4ccccc43)C(=O)N(CCC)C2=O)cc1. The van der Waals surface area contributed by atoms with Crippen molar-refractivity contribution in [3.8, 4) is 5.75 Å². The number of anilines is 1. The summed E-state index contributed by atoms with van der Waals surface area (Å²) in [4.78, 5) is 29.9. The molecule has 2 aliphatic rings. The van der Waals surface area contributed by atoms with Crippen molar-refractivity contribution in [2.75, 3.05) is 24.6 Å². The minimum absolute atomic E-state index is 0.199. The molecule has 5 nitrogen and oxygen atoms in total. The number of rotatable bonds is 7. The van der Waals surface area contributed by atoms with Gasteiger partial charge >= 0.3 is 0 Å². The van der Waals surface area contributed by atoms with Crippen LogP contribution in [0.25, 0.3) is 5.57 Å². The number of ether oxygens (including phenoxy) is 1. The summed E-state index contributed by atoms with van der Waals surface area (Å²) >= 11 is 0. The normalized spacial score (nSPS) is 16.1. The minimum atomic E-state index is -0.210. The number of imide groups is 1. The zero-order chi connectivity index (χ0) is 20.4. The van der Waals surface area contributed by atoms with Crippen molar-refractivity contribution in [2.24, 2.45) is 0 Å². The predicted octanol–water partition coefficient (Wildman–Crippen LogP) is 4.03. The molecule has 0 saturated carbocycles. The molecule has 0 N–H and O–H groups in total. The van der Waals surface area contributed by atoms with Gasteiger partial charge in [-0.15, -0.1) is 0 Å². The number of carbonyl (C=O) groups excluding carboxylic acids is 2. The number of amides is 2. The number of benzene rings is 2. The van der Waals surface area contributed by atoms with E-state index < -0.39 is 0 Å². The van der Waals surface area contributed by atoms with Crippen LogP contribution >= 0.6 is 0 Å². The van der Waals surface area contributed by atoms with Gasteiger partial charge in [0.05, 0.1) is 12.2 Å². The molecule has 2 aliphatic heterocycles. The van der Waals surface area contributed by atoms with E-state index >= 15 is 0 Å². The Morgan fingerprint density at radius 3 is 2.41 bits per heavy atom. The molecule has 2 aromatic rings. The molecule has 5 heteroatoms. The van der Waals surface area contributed by atoms with Gasteiger partial charge in [-0.3, -0.25) is 14.5 Å². The molecule has 2 amide bonds. The fourth-order valence-electron chi connectivity index (χ4n) is 4.01. The molecule has 0 atom stereocenters. The minimum Gasteiger partial charge on any atom is -0.494 e. The Kier molecular flexibility index (Phi) is 5.38. The fraction of sp³-hybridized carbons (Fsp3) is 0.333. The van der Waals surface area contributed by atoms with Crippen molar-refractivity contribution in [3.05, 3.63) is 65.4 Å².